The second-order valence-corrected chi connectivity index (χ2v) is 12.2. The molecule has 5 rings (SSSR count). The van der Waals surface area contributed by atoms with Gasteiger partial charge in [-0.2, -0.15) is 0 Å². The molecule has 0 fully saturated rings. The molecule has 8 nitrogen and oxygen atoms in total. The van der Waals surface area contributed by atoms with Crippen molar-refractivity contribution in [1.29, 1.82) is 0 Å². The minimum absolute atomic E-state index is 0.203. The van der Waals surface area contributed by atoms with Crippen molar-refractivity contribution in [1.82, 2.24) is 9.13 Å². The number of carbonyl (C=O) groups is 1. The van der Waals surface area contributed by atoms with Crippen molar-refractivity contribution in [3.63, 3.8) is 0 Å². The van der Waals surface area contributed by atoms with Gasteiger partial charge in [-0.1, -0.05) is 23.5 Å². The van der Waals surface area contributed by atoms with Gasteiger partial charge in [0.15, 0.2) is 16.3 Å². The Morgan fingerprint density at radius 2 is 1.79 bits per heavy atom. The lowest BCUT2D eigenvalue weighted by molar-refractivity contribution is -0.139. The van der Waals surface area contributed by atoms with E-state index in [4.69, 9.17) is 19.2 Å². The molecule has 0 bridgehead atoms. The molecule has 3 heterocycles. The van der Waals surface area contributed by atoms with Crippen LogP contribution in [0, 0.1) is 24.3 Å². The third kappa shape index (κ3) is 5.22. The highest BCUT2D eigenvalue weighted by atomic mass is 127. The van der Waals surface area contributed by atoms with Gasteiger partial charge in [-0.25, -0.2) is 9.79 Å². The first-order valence-corrected chi connectivity index (χ1v) is 15.4. The summed E-state index contributed by atoms with van der Waals surface area (Å²) in [5.74, 6) is 0.531. The number of benzene rings is 2. The van der Waals surface area contributed by atoms with E-state index in [1.54, 1.807) is 44.8 Å². The first-order chi connectivity index (χ1) is 20.1. The zero-order chi connectivity index (χ0) is 30.3. The van der Waals surface area contributed by atoms with Crippen molar-refractivity contribution in [3.05, 3.63) is 105 Å². The molecule has 42 heavy (non-hydrogen) atoms. The van der Waals surface area contributed by atoms with Crippen LogP contribution in [0.5, 0.6) is 11.5 Å². The van der Waals surface area contributed by atoms with Crippen molar-refractivity contribution in [3.8, 4) is 17.2 Å². The predicted molar refractivity (Wildman–Crippen MR) is 173 cm³/mol. The number of rotatable bonds is 7. The van der Waals surface area contributed by atoms with Crippen molar-refractivity contribution in [2.75, 3.05) is 20.8 Å². The normalized spacial score (nSPS) is 15.0. The lowest BCUT2D eigenvalue weighted by atomic mass is 9.95. The van der Waals surface area contributed by atoms with E-state index < -0.39 is 12.0 Å². The van der Waals surface area contributed by atoms with Crippen LogP contribution < -0.4 is 24.4 Å². The number of nitrogens with zero attached hydrogens (tertiary/aromatic N) is 3. The Morgan fingerprint density at radius 3 is 2.45 bits per heavy atom. The van der Waals surface area contributed by atoms with Crippen LogP contribution in [0.2, 0.25) is 0 Å². The third-order valence-corrected chi connectivity index (χ3v) is 9.56. The largest absolute Gasteiger partial charge is 0.493 e. The number of allylic oxidation sites excluding steroid dienone is 1. The van der Waals surface area contributed by atoms with Gasteiger partial charge in [0.05, 0.1) is 42.7 Å². The van der Waals surface area contributed by atoms with Gasteiger partial charge in [0, 0.05) is 20.6 Å². The second kappa shape index (κ2) is 11.9. The Balaban J connectivity index is 1.70. The van der Waals surface area contributed by atoms with Crippen LogP contribution in [0.25, 0.3) is 11.8 Å². The van der Waals surface area contributed by atoms with E-state index in [2.05, 4.69) is 72.2 Å². The van der Waals surface area contributed by atoms with Crippen LogP contribution in [0.4, 0.5) is 0 Å². The zero-order valence-electron chi connectivity index (χ0n) is 24.6. The van der Waals surface area contributed by atoms with Gasteiger partial charge in [-0.3, -0.25) is 9.36 Å². The first kappa shape index (κ1) is 29.8. The highest BCUT2D eigenvalue weighted by Crippen LogP contribution is 2.36. The van der Waals surface area contributed by atoms with Crippen LogP contribution in [-0.4, -0.2) is 35.9 Å². The standard InChI is InChI=1S/C32H32IN3O5S/c1-8-41-31(38)28-19(4)34-32-36(29(28)21-10-12-25(39-6)26(14-21)40-7)30(37)27(42-32)15-22-13-18(3)35(20(22)5)23-11-9-17(2)24(33)16-23/h9-16,29H,8H2,1-7H3/b27-15+/t29-/m1/s1. The fourth-order valence-electron chi connectivity index (χ4n) is 5.32. The number of halogens is 1. The maximum atomic E-state index is 14.1. The molecule has 2 aromatic carbocycles. The molecule has 0 unspecified atom stereocenters. The first-order valence-electron chi connectivity index (χ1n) is 13.5. The molecule has 218 valence electrons. The maximum Gasteiger partial charge on any atom is 0.338 e. The molecule has 10 heteroatoms. The Labute approximate surface area is 261 Å². The van der Waals surface area contributed by atoms with E-state index in [1.165, 1.54) is 20.5 Å². The number of ether oxygens (including phenoxy) is 3. The van der Waals surface area contributed by atoms with E-state index in [0.717, 1.165) is 22.6 Å². The number of fused-ring (bicyclic) bond motifs is 1. The van der Waals surface area contributed by atoms with E-state index in [-0.39, 0.29) is 12.2 Å². The fourth-order valence-corrected chi connectivity index (χ4v) is 6.86. The Morgan fingerprint density at radius 1 is 1.05 bits per heavy atom. The molecule has 0 saturated carbocycles. The van der Waals surface area contributed by atoms with Gasteiger partial charge >= 0.3 is 5.97 Å². The van der Waals surface area contributed by atoms with Gasteiger partial charge < -0.3 is 18.8 Å². The van der Waals surface area contributed by atoms with Crippen molar-refractivity contribution in [2.24, 2.45) is 4.99 Å². The number of hydrogen-bond donors (Lipinski definition) is 0. The molecule has 1 aliphatic heterocycles. The summed E-state index contributed by atoms with van der Waals surface area (Å²) in [5.41, 5.74) is 6.61. The minimum atomic E-state index is -0.746. The minimum Gasteiger partial charge on any atom is -0.493 e. The van der Waals surface area contributed by atoms with Crippen LogP contribution in [0.3, 0.4) is 0 Å². The zero-order valence-corrected chi connectivity index (χ0v) is 27.5. The molecular formula is C32H32IN3O5S. The number of aryl methyl sites for hydroxylation is 2. The van der Waals surface area contributed by atoms with E-state index in [0.29, 0.717) is 37.7 Å². The van der Waals surface area contributed by atoms with Gasteiger partial charge in [-0.15, -0.1) is 0 Å². The molecule has 0 aliphatic carbocycles. The topological polar surface area (TPSA) is 84.1 Å². The van der Waals surface area contributed by atoms with Crippen LogP contribution in [0.15, 0.2) is 63.5 Å². The molecule has 0 spiro atoms. The predicted octanol–water partition coefficient (Wildman–Crippen LogP) is 5.14. The molecule has 2 aromatic heterocycles. The maximum absolute atomic E-state index is 14.1. The summed E-state index contributed by atoms with van der Waals surface area (Å²) in [6, 6.07) is 13.1. The molecule has 1 atom stereocenters. The number of thiazole rings is 1. The molecule has 0 saturated heterocycles. The summed E-state index contributed by atoms with van der Waals surface area (Å²) in [5, 5.41) is 0. The number of esters is 1. The number of aromatic nitrogens is 2. The molecular weight excluding hydrogens is 665 g/mol. The van der Waals surface area contributed by atoms with Crippen molar-refractivity contribution >= 4 is 46.0 Å². The molecule has 0 amide bonds. The number of methoxy groups -OCH3 is 2. The smallest absolute Gasteiger partial charge is 0.338 e. The highest BCUT2D eigenvalue weighted by molar-refractivity contribution is 14.1. The van der Waals surface area contributed by atoms with Crippen LogP contribution >= 0.6 is 33.9 Å². The number of hydrogen-bond acceptors (Lipinski definition) is 7. The lowest BCUT2D eigenvalue weighted by Gasteiger charge is -2.25. The number of carbonyl (C=O) groups excluding carboxylic acids is 1. The molecule has 4 aromatic rings. The summed E-state index contributed by atoms with van der Waals surface area (Å²) in [4.78, 5) is 32.6. The molecule has 1 aliphatic rings. The second-order valence-electron chi connectivity index (χ2n) is 10.0. The monoisotopic (exact) mass is 697 g/mol. The molecule has 0 N–H and O–H groups in total. The van der Waals surface area contributed by atoms with E-state index in [1.807, 2.05) is 12.1 Å². The summed E-state index contributed by atoms with van der Waals surface area (Å²) < 4.78 is 21.9. The van der Waals surface area contributed by atoms with E-state index in [9.17, 15) is 9.59 Å². The van der Waals surface area contributed by atoms with Crippen molar-refractivity contribution < 1.29 is 19.0 Å². The Hall–Kier alpha value is -3.64. The van der Waals surface area contributed by atoms with Gasteiger partial charge in [0.25, 0.3) is 5.56 Å². The van der Waals surface area contributed by atoms with Gasteiger partial charge in [0.1, 0.15) is 0 Å². The van der Waals surface area contributed by atoms with Gasteiger partial charge in [-0.05, 0) is 110 Å². The van der Waals surface area contributed by atoms with Crippen LogP contribution in [0.1, 0.15) is 48.0 Å². The summed E-state index contributed by atoms with van der Waals surface area (Å²) in [7, 11) is 3.11. The molecule has 0 radical (unpaired) electrons. The third-order valence-electron chi connectivity index (χ3n) is 7.41. The summed E-state index contributed by atoms with van der Waals surface area (Å²) in [6.45, 7) is 9.93. The SMILES string of the molecule is CCOC(=O)C1=C(C)N=c2s/c(=C/c3cc(C)n(-c4ccc(C)c(I)c4)c3C)c(=O)n2[C@@H]1c1ccc(OC)c(OC)c1. The van der Waals surface area contributed by atoms with Crippen LogP contribution in [-0.2, 0) is 9.53 Å². The fraction of sp³-hybridized carbons (Fsp3) is 0.281. The Bertz CT molecular complexity index is 1930. The quantitative estimate of drug-likeness (QED) is 0.198. The Kier molecular flexibility index (Phi) is 8.47. The van der Waals surface area contributed by atoms with Gasteiger partial charge in [0.2, 0.25) is 0 Å². The van der Waals surface area contributed by atoms with E-state index >= 15 is 0 Å². The summed E-state index contributed by atoms with van der Waals surface area (Å²) in [6.07, 6.45) is 1.91. The van der Waals surface area contributed by atoms with Crippen molar-refractivity contribution in [2.45, 2.75) is 40.7 Å². The highest BCUT2D eigenvalue weighted by Gasteiger charge is 2.34. The summed E-state index contributed by atoms with van der Waals surface area (Å²) >= 11 is 3.66. The lowest BCUT2D eigenvalue weighted by Crippen LogP contribution is -2.40. The average molecular weight is 698 g/mol. The average Bonchev–Trinajstić information content (AvgIpc) is 3.42.